The zero-order chi connectivity index (χ0) is 16.2. The van der Waals surface area contributed by atoms with E-state index >= 15 is 0 Å². The second kappa shape index (κ2) is 10.7. The summed E-state index contributed by atoms with van der Waals surface area (Å²) in [5.41, 5.74) is 1.77. The third-order valence-corrected chi connectivity index (χ3v) is 3.57. The molecule has 0 aliphatic rings. The number of amides is 1. The van der Waals surface area contributed by atoms with E-state index in [0.717, 1.165) is 32.4 Å². The molecule has 4 heteroatoms. The Morgan fingerprint density at radius 1 is 1.27 bits per heavy atom. The lowest BCUT2D eigenvalue weighted by Crippen LogP contribution is -2.37. The van der Waals surface area contributed by atoms with Crippen LogP contribution in [0.5, 0.6) is 0 Å². The van der Waals surface area contributed by atoms with Crippen LogP contribution in [0.25, 0.3) is 0 Å². The van der Waals surface area contributed by atoms with E-state index in [4.69, 9.17) is 0 Å². The standard InChI is InChI=1S/C18H27N3O/c1-4-17(20-3)18(22)21(15-13-19-2)14-9-8-12-16-10-6-5-7-11-16/h4-7,10-11,19H,3,8-9,12-15H2,1-2H3/b17-4-. The Balaban J connectivity index is 2.47. The summed E-state index contributed by atoms with van der Waals surface area (Å²) in [5, 5.41) is 3.08. The third kappa shape index (κ3) is 6.22. The lowest BCUT2D eigenvalue weighted by molar-refractivity contribution is -0.127. The molecular weight excluding hydrogens is 274 g/mol. The number of aliphatic imine (C=N–C) groups is 1. The Labute approximate surface area is 133 Å². The van der Waals surface area contributed by atoms with Crippen molar-refractivity contribution in [2.45, 2.75) is 26.2 Å². The highest BCUT2D eigenvalue weighted by molar-refractivity contribution is 5.93. The Morgan fingerprint density at radius 2 is 2.00 bits per heavy atom. The highest BCUT2D eigenvalue weighted by Gasteiger charge is 2.15. The average molecular weight is 301 g/mol. The van der Waals surface area contributed by atoms with Gasteiger partial charge in [-0.05, 0) is 45.5 Å². The van der Waals surface area contributed by atoms with Crippen LogP contribution in [-0.4, -0.2) is 44.2 Å². The summed E-state index contributed by atoms with van der Waals surface area (Å²) in [6, 6.07) is 10.4. The Kier molecular flexibility index (Phi) is 8.84. The first-order valence-corrected chi connectivity index (χ1v) is 7.83. The third-order valence-electron chi connectivity index (χ3n) is 3.57. The van der Waals surface area contributed by atoms with Crippen LogP contribution < -0.4 is 5.32 Å². The van der Waals surface area contributed by atoms with Gasteiger partial charge in [0.25, 0.3) is 5.91 Å². The number of nitrogens with zero attached hydrogens (tertiary/aromatic N) is 2. The molecule has 0 aliphatic carbocycles. The molecule has 1 N–H and O–H groups in total. The Morgan fingerprint density at radius 3 is 2.59 bits per heavy atom. The topological polar surface area (TPSA) is 44.7 Å². The number of likely N-dealkylation sites (N-methyl/N-ethyl adjacent to an activating group) is 1. The first-order valence-electron chi connectivity index (χ1n) is 7.83. The van der Waals surface area contributed by atoms with E-state index in [2.05, 4.69) is 41.3 Å². The van der Waals surface area contributed by atoms with Gasteiger partial charge in [0.1, 0.15) is 5.70 Å². The number of carbonyl (C=O) groups is 1. The van der Waals surface area contributed by atoms with E-state index < -0.39 is 0 Å². The molecule has 0 unspecified atom stereocenters. The van der Waals surface area contributed by atoms with E-state index in [9.17, 15) is 4.79 Å². The lowest BCUT2D eigenvalue weighted by atomic mass is 10.1. The van der Waals surface area contributed by atoms with Crippen molar-refractivity contribution in [2.75, 3.05) is 26.7 Å². The van der Waals surface area contributed by atoms with Crippen molar-refractivity contribution in [3.8, 4) is 0 Å². The van der Waals surface area contributed by atoms with Gasteiger partial charge in [0.05, 0.1) is 0 Å². The molecule has 4 nitrogen and oxygen atoms in total. The molecule has 0 aliphatic heterocycles. The number of benzene rings is 1. The van der Waals surface area contributed by atoms with Gasteiger partial charge in [-0.25, -0.2) is 0 Å². The van der Waals surface area contributed by atoms with Crippen LogP contribution in [0.15, 0.2) is 47.1 Å². The second-order valence-electron chi connectivity index (χ2n) is 5.17. The fraction of sp³-hybridized carbons (Fsp3) is 0.444. The predicted octanol–water partition coefficient (Wildman–Crippen LogP) is 2.66. The highest BCUT2D eigenvalue weighted by atomic mass is 16.2. The minimum Gasteiger partial charge on any atom is -0.336 e. The van der Waals surface area contributed by atoms with Crippen molar-refractivity contribution in [2.24, 2.45) is 4.99 Å². The average Bonchev–Trinajstić information content (AvgIpc) is 2.56. The number of hydrogen-bond donors (Lipinski definition) is 1. The Bertz CT molecular complexity index is 482. The van der Waals surface area contributed by atoms with Crippen LogP contribution in [0.2, 0.25) is 0 Å². The van der Waals surface area contributed by atoms with Gasteiger partial charge >= 0.3 is 0 Å². The minimum atomic E-state index is -0.0348. The molecule has 1 aromatic carbocycles. The lowest BCUT2D eigenvalue weighted by Gasteiger charge is -2.22. The van der Waals surface area contributed by atoms with E-state index in [0.29, 0.717) is 12.2 Å². The number of nitrogens with one attached hydrogen (secondary N) is 1. The fourth-order valence-corrected chi connectivity index (χ4v) is 2.28. The maximum absolute atomic E-state index is 12.4. The first kappa shape index (κ1) is 18.1. The summed E-state index contributed by atoms with van der Waals surface area (Å²) in [4.78, 5) is 18.0. The summed E-state index contributed by atoms with van der Waals surface area (Å²) in [7, 11) is 1.89. The van der Waals surface area contributed by atoms with Crippen molar-refractivity contribution < 1.29 is 4.79 Å². The summed E-state index contributed by atoms with van der Waals surface area (Å²) >= 11 is 0. The van der Waals surface area contributed by atoms with Gasteiger partial charge in [0.15, 0.2) is 0 Å². The normalized spacial score (nSPS) is 11.3. The summed E-state index contributed by atoms with van der Waals surface area (Å²) < 4.78 is 0. The quantitative estimate of drug-likeness (QED) is 0.410. The van der Waals surface area contributed by atoms with Gasteiger partial charge in [-0.2, -0.15) is 0 Å². The zero-order valence-corrected chi connectivity index (χ0v) is 13.7. The molecule has 0 atom stereocenters. The molecule has 0 saturated heterocycles. The van der Waals surface area contributed by atoms with Crippen LogP contribution >= 0.6 is 0 Å². The number of unbranched alkanes of at least 4 members (excludes halogenated alkanes) is 1. The molecule has 0 heterocycles. The number of aryl methyl sites for hydroxylation is 1. The largest absolute Gasteiger partial charge is 0.336 e. The van der Waals surface area contributed by atoms with Crippen LogP contribution in [-0.2, 0) is 11.2 Å². The number of hydrogen-bond acceptors (Lipinski definition) is 3. The van der Waals surface area contributed by atoms with Gasteiger partial charge < -0.3 is 10.2 Å². The van der Waals surface area contributed by atoms with Crippen LogP contribution in [0.1, 0.15) is 25.3 Å². The van der Waals surface area contributed by atoms with E-state index in [1.54, 1.807) is 6.08 Å². The number of allylic oxidation sites excluding steroid dienone is 1. The predicted molar refractivity (Wildman–Crippen MR) is 93.2 cm³/mol. The van der Waals surface area contributed by atoms with Crippen molar-refractivity contribution in [3.05, 3.63) is 47.7 Å². The molecule has 0 spiro atoms. The highest BCUT2D eigenvalue weighted by Crippen LogP contribution is 2.08. The van der Waals surface area contributed by atoms with Gasteiger partial charge in [-0.15, -0.1) is 0 Å². The van der Waals surface area contributed by atoms with Crippen LogP contribution in [0.3, 0.4) is 0 Å². The molecule has 1 rings (SSSR count). The summed E-state index contributed by atoms with van der Waals surface area (Å²) in [5.74, 6) is -0.0348. The maximum Gasteiger partial charge on any atom is 0.272 e. The van der Waals surface area contributed by atoms with Gasteiger partial charge in [-0.3, -0.25) is 9.79 Å². The fourth-order valence-electron chi connectivity index (χ4n) is 2.28. The van der Waals surface area contributed by atoms with Crippen molar-refractivity contribution in [1.82, 2.24) is 10.2 Å². The molecule has 120 valence electrons. The first-order chi connectivity index (χ1) is 10.7. The maximum atomic E-state index is 12.4. The Hall–Kier alpha value is -1.94. The smallest absolute Gasteiger partial charge is 0.272 e. The summed E-state index contributed by atoms with van der Waals surface area (Å²) in [6.45, 7) is 7.50. The van der Waals surface area contributed by atoms with Crippen molar-refractivity contribution in [1.29, 1.82) is 0 Å². The molecule has 0 fully saturated rings. The van der Waals surface area contributed by atoms with Gasteiger partial charge in [0, 0.05) is 19.6 Å². The molecule has 0 aromatic heterocycles. The number of carbonyl (C=O) groups excluding carboxylic acids is 1. The molecule has 0 bridgehead atoms. The van der Waals surface area contributed by atoms with E-state index in [1.807, 2.05) is 24.9 Å². The van der Waals surface area contributed by atoms with Crippen LogP contribution in [0, 0.1) is 0 Å². The van der Waals surface area contributed by atoms with E-state index in [-0.39, 0.29) is 5.91 Å². The molecular formula is C18H27N3O. The zero-order valence-electron chi connectivity index (χ0n) is 13.7. The minimum absolute atomic E-state index is 0.0348. The van der Waals surface area contributed by atoms with E-state index in [1.165, 1.54) is 5.56 Å². The monoisotopic (exact) mass is 301 g/mol. The molecule has 0 saturated carbocycles. The molecule has 22 heavy (non-hydrogen) atoms. The molecule has 0 radical (unpaired) electrons. The summed E-state index contributed by atoms with van der Waals surface area (Å²) in [6.07, 6.45) is 4.81. The van der Waals surface area contributed by atoms with Gasteiger partial charge in [0.2, 0.25) is 0 Å². The molecule has 1 aromatic rings. The van der Waals surface area contributed by atoms with Crippen molar-refractivity contribution in [3.63, 3.8) is 0 Å². The van der Waals surface area contributed by atoms with Crippen LogP contribution in [0.4, 0.5) is 0 Å². The number of rotatable bonds is 10. The van der Waals surface area contributed by atoms with Crippen molar-refractivity contribution >= 4 is 12.6 Å². The SMILES string of the molecule is C=N/C(=C\C)C(=O)N(CCCCc1ccccc1)CCNC. The molecule has 1 amide bonds. The second-order valence-corrected chi connectivity index (χ2v) is 5.17. The van der Waals surface area contributed by atoms with Gasteiger partial charge in [-0.1, -0.05) is 36.4 Å².